The SMILES string of the molecule is CC(CCC(=O)O)Oc1ccccc1. The zero-order valence-corrected chi connectivity index (χ0v) is 8.14. The number of para-hydroxylation sites is 1. The van der Waals surface area contributed by atoms with Crippen molar-refractivity contribution in [3.05, 3.63) is 30.3 Å². The van der Waals surface area contributed by atoms with Crippen LogP contribution >= 0.6 is 0 Å². The van der Waals surface area contributed by atoms with Crippen LogP contribution in [0.15, 0.2) is 30.3 Å². The maximum absolute atomic E-state index is 10.3. The summed E-state index contributed by atoms with van der Waals surface area (Å²) in [6.45, 7) is 1.87. The third-order valence-electron chi connectivity index (χ3n) is 1.85. The molecule has 1 aromatic rings. The first-order valence-electron chi connectivity index (χ1n) is 4.62. The number of carboxylic acids is 1. The first-order chi connectivity index (χ1) is 6.68. The van der Waals surface area contributed by atoms with Crippen LogP contribution in [-0.2, 0) is 4.79 Å². The second-order valence-electron chi connectivity index (χ2n) is 3.17. The van der Waals surface area contributed by atoms with Crippen molar-refractivity contribution in [3.8, 4) is 5.75 Å². The zero-order chi connectivity index (χ0) is 10.4. The largest absolute Gasteiger partial charge is 0.491 e. The molecule has 0 aromatic heterocycles. The highest BCUT2D eigenvalue weighted by molar-refractivity contribution is 5.66. The molecule has 0 aliphatic carbocycles. The topological polar surface area (TPSA) is 46.5 Å². The van der Waals surface area contributed by atoms with Crippen LogP contribution in [0.1, 0.15) is 19.8 Å². The quantitative estimate of drug-likeness (QED) is 0.782. The molecule has 3 nitrogen and oxygen atoms in total. The predicted molar refractivity (Wildman–Crippen MR) is 53.4 cm³/mol. The number of rotatable bonds is 5. The fraction of sp³-hybridized carbons (Fsp3) is 0.364. The van der Waals surface area contributed by atoms with Gasteiger partial charge >= 0.3 is 5.97 Å². The molecule has 76 valence electrons. The van der Waals surface area contributed by atoms with Gasteiger partial charge in [-0.15, -0.1) is 0 Å². The molecule has 14 heavy (non-hydrogen) atoms. The van der Waals surface area contributed by atoms with E-state index in [-0.39, 0.29) is 12.5 Å². The van der Waals surface area contributed by atoms with Crippen molar-refractivity contribution in [2.45, 2.75) is 25.9 Å². The Morgan fingerprint density at radius 3 is 2.64 bits per heavy atom. The number of hydrogen-bond acceptors (Lipinski definition) is 2. The van der Waals surface area contributed by atoms with Crippen molar-refractivity contribution < 1.29 is 14.6 Å². The molecule has 0 spiro atoms. The molecular formula is C11H14O3. The maximum atomic E-state index is 10.3. The van der Waals surface area contributed by atoms with Gasteiger partial charge in [0.05, 0.1) is 6.10 Å². The zero-order valence-electron chi connectivity index (χ0n) is 8.14. The minimum absolute atomic E-state index is 0.0616. The normalized spacial score (nSPS) is 12.1. The van der Waals surface area contributed by atoms with E-state index >= 15 is 0 Å². The number of aliphatic carboxylic acids is 1. The highest BCUT2D eigenvalue weighted by Crippen LogP contribution is 2.12. The molecule has 1 unspecified atom stereocenters. The average molecular weight is 194 g/mol. The van der Waals surface area contributed by atoms with Crippen molar-refractivity contribution in [1.29, 1.82) is 0 Å². The molecule has 1 rings (SSSR count). The van der Waals surface area contributed by atoms with Crippen molar-refractivity contribution in [3.63, 3.8) is 0 Å². The van der Waals surface area contributed by atoms with Crippen molar-refractivity contribution in [1.82, 2.24) is 0 Å². The number of benzene rings is 1. The lowest BCUT2D eigenvalue weighted by Gasteiger charge is -2.13. The van der Waals surface area contributed by atoms with Gasteiger partial charge in [-0.05, 0) is 25.5 Å². The molecule has 0 fully saturated rings. The number of carbonyl (C=O) groups is 1. The summed E-state index contributed by atoms with van der Waals surface area (Å²) in [5.74, 6) is -0.00102. The van der Waals surface area contributed by atoms with Gasteiger partial charge < -0.3 is 9.84 Å². The molecule has 0 heterocycles. The molecule has 0 bridgehead atoms. The number of ether oxygens (including phenoxy) is 1. The molecule has 0 saturated heterocycles. The van der Waals surface area contributed by atoms with Gasteiger partial charge in [0.1, 0.15) is 5.75 Å². The molecule has 3 heteroatoms. The molecule has 0 saturated carbocycles. The Kier molecular flexibility index (Phi) is 3.98. The van der Waals surface area contributed by atoms with Crippen molar-refractivity contribution in [2.75, 3.05) is 0 Å². The summed E-state index contributed by atoms with van der Waals surface area (Å²) in [5, 5.41) is 8.47. The van der Waals surface area contributed by atoms with E-state index < -0.39 is 5.97 Å². The van der Waals surface area contributed by atoms with E-state index in [1.54, 1.807) is 0 Å². The fourth-order valence-electron chi connectivity index (χ4n) is 1.12. The summed E-state index contributed by atoms with van der Waals surface area (Å²) in [5.41, 5.74) is 0. The van der Waals surface area contributed by atoms with Crippen molar-refractivity contribution in [2.24, 2.45) is 0 Å². The lowest BCUT2D eigenvalue weighted by atomic mass is 10.2. The van der Waals surface area contributed by atoms with Crippen LogP contribution in [0.2, 0.25) is 0 Å². The van der Waals surface area contributed by atoms with Gasteiger partial charge in [0.15, 0.2) is 0 Å². The first kappa shape index (κ1) is 10.6. The van der Waals surface area contributed by atoms with Crippen LogP contribution in [0, 0.1) is 0 Å². The van der Waals surface area contributed by atoms with Gasteiger partial charge in [0.25, 0.3) is 0 Å². The molecule has 1 aromatic carbocycles. The summed E-state index contributed by atoms with van der Waals surface area (Å²) in [4.78, 5) is 10.3. The highest BCUT2D eigenvalue weighted by atomic mass is 16.5. The van der Waals surface area contributed by atoms with Gasteiger partial charge in [-0.25, -0.2) is 0 Å². The Labute approximate surface area is 83.3 Å². The standard InChI is InChI=1S/C11H14O3/c1-9(7-8-11(12)13)14-10-5-3-2-4-6-10/h2-6,9H,7-8H2,1H3,(H,12,13). The van der Waals surface area contributed by atoms with Gasteiger partial charge in [0.2, 0.25) is 0 Å². The molecule has 0 aliphatic heterocycles. The predicted octanol–water partition coefficient (Wildman–Crippen LogP) is 2.32. The minimum Gasteiger partial charge on any atom is -0.491 e. The first-order valence-corrected chi connectivity index (χ1v) is 4.62. The molecule has 0 aliphatic rings. The third-order valence-corrected chi connectivity index (χ3v) is 1.85. The van der Waals surface area contributed by atoms with Crippen LogP contribution in [0.25, 0.3) is 0 Å². The van der Waals surface area contributed by atoms with Crippen LogP contribution in [0.4, 0.5) is 0 Å². The second kappa shape index (κ2) is 5.27. The molecule has 0 radical (unpaired) electrons. The van der Waals surface area contributed by atoms with Gasteiger partial charge in [-0.1, -0.05) is 18.2 Å². The Hall–Kier alpha value is -1.51. The summed E-state index contributed by atoms with van der Waals surface area (Å²) >= 11 is 0. The molecule has 1 N–H and O–H groups in total. The van der Waals surface area contributed by atoms with E-state index in [0.29, 0.717) is 6.42 Å². The summed E-state index contributed by atoms with van der Waals surface area (Å²) in [6.07, 6.45) is 0.617. The van der Waals surface area contributed by atoms with Crippen LogP contribution in [0.5, 0.6) is 5.75 Å². The van der Waals surface area contributed by atoms with E-state index in [1.165, 1.54) is 0 Å². The molecule has 1 atom stereocenters. The smallest absolute Gasteiger partial charge is 0.303 e. The van der Waals surface area contributed by atoms with Gasteiger partial charge in [0, 0.05) is 6.42 Å². The number of hydrogen-bond donors (Lipinski definition) is 1. The minimum atomic E-state index is -0.784. The summed E-state index contributed by atoms with van der Waals surface area (Å²) in [6, 6.07) is 9.40. The Bertz CT molecular complexity index is 282. The second-order valence-corrected chi connectivity index (χ2v) is 3.17. The highest BCUT2D eigenvalue weighted by Gasteiger charge is 2.06. The van der Waals surface area contributed by atoms with Gasteiger partial charge in [-0.3, -0.25) is 4.79 Å². The monoisotopic (exact) mass is 194 g/mol. The fourth-order valence-corrected chi connectivity index (χ4v) is 1.12. The Morgan fingerprint density at radius 2 is 2.07 bits per heavy atom. The number of carboxylic acid groups (broad SMARTS) is 1. The molecular weight excluding hydrogens is 180 g/mol. The van der Waals surface area contributed by atoms with E-state index in [4.69, 9.17) is 9.84 Å². The summed E-state index contributed by atoms with van der Waals surface area (Å²) < 4.78 is 5.50. The maximum Gasteiger partial charge on any atom is 0.303 e. The van der Waals surface area contributed by atoms with Gasteiger partial charge in [-0.2, -0.15) is 0 Å². The van der Waals surface area contributed by atoms with E-state index in [1.807, 2.05) is 37.3 Å². The third kappa shape index (κ3) is 3.94. The lowest BCUT2D eigenvalue weighted by Crippen LogP contribution is -2.13. The van der Waals surface area contributed by atoms with Crippen LogP contribution in [0.3, 0.4) is 0 Å². The van der Waals surface area contributed by atoms with Crippen LogP contribution in [-0.4, -0.2) is 17.2 Å². The Morgan fingerprint density at radius 1 is 1.43 bits per heavy atom. The summed E-state index contributed by atoms with van der Waals surface area (Å²) in [7, 11) is 0. The van der Waals surface area contributed by atoms with E-state index in [0.717, 1.165) is 5.75 Å². The lowest BCUT2D eigenvalue weighted by molar-refractivity contribution is -0.137. The van der Waals surface area contributed by atoms with E-state index in [9.17, 15) is 4.79 Å². The van der Waals surface area contributed by atoms with Crippen LogP contribution < -0.4 is 4.74 Å². The molecule has 0 amide bonds. The Balaban J connectivity index is 2.34. The van der Waals surface area contributed by atoms with Crippen molar-refractivity contribution >= 4 is 5.97 Å². The van der Waals surface area contributed by atoms with E-state index in [2.05, 4.69) is 0 Å². The average Bonchev–Trinajstić information content (AvgIpc) is 2.16.